The first-order valence-corrected chi connectivity index (χ1v) is 7.36. The lowest BCUT2D eigenvalue weighted by Crippen LogP contribution is -2.30. The van der Waals surface area contributed by atoms with E-state index >= 15 is 0 Å². The molecule has 0 radical (unpaired) electrons. The monoisotopic (exact) mass is 334 g/mol. The molecule has 0 spiro atoms. The predicted octanol–water partition coefficient (Wildman–Crippen LogP) is 3.05. The van der Waals surface area contributed by atoms with Gasteiger partial charge in [0, 0.05) is 12.2 Å². The maximum Gasteiger partial charge on any atom is 0.257 e. The largest absolute Gasteiger partial charge is 0.483 e. The number of hydrogen-bond acceptors (Lipinski definition) is 3. The number of rotatable bonds is 6. The molecule has 2 rings (SSSR count). The second kappa shape index (κ2) is 9.06. The molecule has 124 valence electrons. The Morgan fingerprint density at radius 1 is 1.09 bits per heavy atom. The molecular formula is C18H23ClN2O2. The molecule has 0 aromatic heterocycles. The van der Waals surface area contributed by atoms with Crippen LogP contribution in [0.4, 0.5) is 5.69 Å². The van der Waals surface area contributed by atoms with Crippen molar-refractivity contribution in [2.45, 2.75) is 20.3 Å². The van der Waals surface area contributed by atoms with Gasteiger partial charge < -0.3 is 15.8 Å². The van der Waals surface area contributed by atoms with Gasteiger partial charge in [0.2, 0.25) is 0 Å². The highest BCUT2D eigenvalue weighted by Gasteiger charge is 2.06. The number of amides is 1. The molecule has 4 nitrogen and oxygen atoms in total. The third-order valence-electron chi connectivity index (χ3n) is 3.47. The lowest BCUT2D eigenvalue weighted by Gasteiger charge is -2.12. The number of nitrogen functional groups attached to an aromatic ring is 1. The summed E-state index contributed by atoms with van der Waals surface area (Å²) in [5, 5.41) is 2.86. The van der Waals surface area contributed by atoms with Crippen molar-refractivity contribution in [3.8, 4) is 5.75 Å². The van der Waals surface area contributed by atoms with Gasteiger partial charge in [0.15, 0.2) is 6.61 Å². The highest BCUT2D eigenvalue weighted by molar-refractivity contribution is 5.85. The third-order valence-corrected chi connectivity index (χ3v) is 3.47. The number of anilines is 1. The molecule has 0 aliphatic heterocycles. The van der Waals surface area contributed by atoms with Gasteiger partial charge in [-0.25, -0.2) is 0 Å². The van der Waals surface area contributed by atoms with E-state index in [1.165, 1.54) is 0 Å². The fraction of sp³-hybridized carbons (Fsp3) is 0.278. The van der Waals surface area contributed by atoms with E-state index in [1.54, 1.807) is 0 Å². The summed E-state index contributed by atoms with van der Waals surface area (Å²) in [5.41, 5.74) is 9.60. The molecule has 0 fully saturated rings. The number of aryl methyl sites for hydroxylation is 2. The number of halogens is 1. The van der Waals surface area contributed by atoms with Crippen molar-refractivity contribution >= 4 is 24.0 Å². The van der Waals surface area contributed by atoms with Crippen molar-refractivity contribution in [2.75, 3.05) is 18.9 Å². The topological polar surface area (TPSA) is 64.3 Å². The number of nitrogens with one attached hydrogen (secondary N) is 1. The molecule has 0 saturated heterocycles. The van der Waals surface area contributed by atoms with Gasteiger partial charge >= 0.3 is 0 Å². The summed E-state index contributed by atoms with van der Waals surface area (Å²) in [7, 11) is 0. The molecule has 0 saturated carbocycles. The zero-order valence-corrected chi connectivity index (χ0v) is 14.3. The first-order valence-electron chi connectivity index (χ1n) is 7.36. The molecule has 0 unspecified atom stereocenters. The standard InChI is InChI=1S/C18H22N2O2.ClH/c1-13-4-3-5-14(2)18(13)22-12-17(21)20-11-10-15-6-8-16(19)9-7-15;/h3-9H,10-12,19H2,1-2H3,(H,20,21);1H. The van der Waals surface area contributed by atoms with Crippen LogP contribution in [0.25, 0.3) is 0 Å². The molecule has 23 heavy (non-hydrogen) atoms. The van der Waals surface area contributed by atoms with Crippen molar-refractivity contribution in [1.29, 1.82) is 0 Å². The van der Waals surface area contributed by atoms with Crippen LogP contribution in [0.1, 0.15) is 16.7 Å². The van der Waals surface area contributed by atoms with E-state index in [1.807, 2.05) is 56.3 Å². The highest BCUT2D eigenvalue weighted by Crippen LogP contribution is 2.21. The van der Waals surface area contributed by atoms with E-state index in [2.05, 4.69) is 5.32 Å². The Kier molecular flexibility index (Phi) is 7.42. The summed E-state index contributed by atoms with van der Waals surface area (Å²) < 4.78 is 5.62. The van der Waals surface area contributed by atoms with E-state index in [-0.39, 0.29) is 24.9 Å². The number of hydrogen-bond donors (Lipinski definition) is 2. The Morgan fingerprint density at radius 2 is 1.70 bits per heavy atom. The minimum Gasteiger partial charge on any atom is -0.483 e. The molecule has 2 aromatic rings. The lowest BCUT2D eigenvalue weighted by atomic mass is 10.1. The van der Waals surface area contributed by atoms with Crippen LogP contribution < -0.4 is 15.8 Å². The van der Waals surface area contributed by atoms with Crippen molar-refractivity contribution in [3.05, 3.63) is 59.2 Å². The van der Waals surface area contributed by atoms with Crippen molar-refractivity contribution in [2.24, 2.45) is 0 Å². The second-order valence-corrected chi connectivity index (χ2v) is 5.35. The van der Waals surface area contributed by atoms with E-state index < -0.39 is 0 Å². The number of carbonyl (C=O) groups excluding carboxylic acids is 1. The molecule has 0 aliphatic carbocycles. The van der Waals surface area contributed by atoms with Gasteiger partial charge in [-0.3, -0.25) is 4.79 Å². The molecule has 0 bridgehead atoms. The Labute approximate surface area is 143 Å². The molecule has 0 heterocycles. The van der Waals surface area contributed by atoms with Crippen molar-refractivity contribution in [3.63, 3.8) is 0 Å². The SMILES string of the molecule is Cc1cccc(C)c1OCC(=O)NCCc1ccc(N)cc1.Cl. The van der Waals surface area contributed by atoms with Crippen molar-refractivity contribution < 1.29 is 9.53 Å². The van der Waals surface area contributed by atoms with Crippen LogP contribution in [-0.2, 0) is 11.2 Å². The second-order valence-electron chi connectivity index (χ2n) is 5.35. The van der Waals surface area contributed by atoms with Crippen LogP contribution in [0, 0.1) is 13.8 Å². The zero-order valence-electron chi connectivity index (χ0n) is 13.5. The van der Waals surface area contributed by atoms with Gasteiger partial charge in [-0.15, -0.1) is 12.4 Å². The number of nitrogens with two attached hydrogens (primary N) is 1. The zero-order chi connectivity index (χ0) is 15.9. The number of carbonyl (C=O) groups is 1. The summed E-state index contributed by atoms with van der Waals surface area (Å²) >= 11 is 0. The Morgan fingerprint density at radius 3 is 2.30 bits per heavy atom. The Bertz CT molecular complexity index is 622. The predicted molar refractivity (Wildman–Crippen MR) is 96.2 cm³/mol. The molecular weight excluding hydrogens is 312 g/mol. The van der Waals surface area contributed by atoms with Crippen LogP contribution in [0.15, 0.2) is 42.5 Å². The fourth-order valence-corrected chi connectivity index (χ4v) is 2.25. The fourth-order valence-electron chi connectivity index (χ4n) is 2.25. The van der Waals surface area contributed by atoms with Crippen LogP contribution >= 0.6 is 12.4 Å². The van der Waals surface area contributed by atoms with Gasteiger partial charge in [-0.1, -0.05) is 30.3 Å². The summed E-state index contributed by atoms with van der Waals surface area (Å²) in [4.78, 5) is 11.8. The summed E-state index contributed by atoms with van der Waals surface area (Å²) in [6.45, 7) is 4.56. The molecule has 1 amide bonds. The maximum absolute atomic E-state index is 11.8. The van der Waals surface area contributed by atoms with Crippen LogP contribution in [0.5, 0.6) is 5.75 Å². The minimum atomic E-state index is -0.113. The number of benzene rings is 2. The van der Waals surface area contributed by atoms with Gasteiger partial charge in [0.1, 0.15) is 5.75 Å². The highest BCUT2D eigenvalue weighted by atomic mass is 35.5. The lowest BCUT2D eigenvalue weighted by molar-refractivity contribution is -0.123. The quantitative estimate of drug-likeness (QED) is 0.798. The normalized spacial score (nSPS) is 9.83. The van der Waals surface area contributed by atoms with E-state index in [9.17, 15) is 4.79 Å². The first-order chi connectivity index (χ1) is 10.6. The maximum atomic E-state index is 11.8. The average molecular weight is 335 g/mol. The van der Waals surface area contributed by atoms with E-state index in [4.69, 9.17) is 10.5 Å². The minimum absolute atomic E-state index is 0. The number of ether oxygens (including phenoxy) is 1. The Balaban J connectivity index is 0.00000264. The van der Waals surface area contributed by atoms with E-state index in [0.29, 0.717) is 6.54 Å². The van der Waals surface area contributed by atoms with Crippen LogP contribution in [0.3, 0.4) is 0 Å². The summed E-state index contributed by atoms with van der Waals surface area (Å²) in [6, 6.07) is 13.6. The van der Waals surface area contributed by atoms with E-state index in [0.717, 1.165) is 34.5 Å². The average Bonchev–Trinajstić information content (AvgIpc) is 2.49. The molecule has 5 heteroatoms. The third kappa shape index (κ3) is 5.83. The summed E-state index contributed by atoms with van der Waals surface area (Å²) in [6.07, 6.45) is 0.773. The number of para-hydroxylation sites is 1. The smallest absolute Gasteiger partial charge is 0.257 e. The van der Waals surface area contributed by atoms with Gasteiger partial charge in [0.25, 0.3) is 5.91 Å². The van der Waals surface area contributed by atoms with Gasteiger partial charge in [-0.2, -0.15) is 0 Å². The molecule has 2 aromatic carbocycles. The summed E-state index contributed by atoms with van der Waals surface area (Å²) in [5.74, 6) is 0.675. The van der Waals surface area contributed by atoms with Crippen molar-refractivity contribution in [1.82, 2.24) is 5.32 Å². The molecule has 0 aliphatic rings. The van der Waals surface area contributed by atoms with Gasteiger partial charge in [0.05, 0.1) is 0 Å². The van der Waals surface area contributed by atoms with Crippen LogP contribution in [0.2, 0.25) is 0 Å². The molecule has 3 N–H and O–H groups in total. The van der Waals surface area contributed by atoms with Gasteiger partial charge in [-0.05, 0) is 49.1 Å². The Hall–Kier alpha value is -2.20. The first kappa shape index (κ1) is 18.8. The molecule has 0 atom stereocenters. The van der Waals surface area contributed by atoms with Crippen LogP contribution in [-0.4, -0.2) is 19.1 Å².